The maximum absolute atomic E-state index is 11.9. The maximum Gasteiger partial charge on any atom is 0.251 e. The Hall–Kier alpha value is -2.32. The predicted octanol–water partition coefficient (Wildman–Crippen LogP) is 0.0388. The average Bonchev–Trinajstić information content (AvgIpc) is 3.26. The van der Waals surface area contributed by atoms with Crippen LogP contribution in [0.2, 0.25) is 0 Å². The second-order valence-electron chi connectivity index (χ2n) is 4.57. The molecule has 0 saturated heterocycles. The molecule has 0 unspecified atom stereocenters. The van der Waals surface area contributed by atoms with Gasteiger partial charge in [-0.1, -0.05) is 17.9 Å². The van der Waals surface area contributed by atoms with Gasteiger partial charge >= 0.3 is 0 Å². The Bertz CT molecular complexity index is 568. The van der Waals surface area contributed by atoms with Crippen molar-refractivity contribution in [2.75, 3.05) is 13.2 Å². The quantitative estimate of drug-likeness (QED) is 0.677. The summed E-state index contributed by atoms with van der Waals surface area (Å²) < 4.78 is 0. The van der Waals surface area contributed by atoms with Crippen LogP contribution in [-0.2, 0) is 4.79 Å². The van der Waals surface area contributed by atoms with Gasteiger partial charge in [-0.2, -0.15) is 0 Å². The molecule has 2 amide bonds. The fourth-order valence-electron chi connectivity index (χ4n) is 1.65. The van der Waals surface area contributed by atoms with Crippen LogP contribution in [0.1, 0.15) is 28.8 Å². The van der Waals surface area contributed by atoms with Crippen molar-refractivity contribution in [1.82, 2.24) is 10.6 Å². The number of hydrogen-bond donors (Lipinski definition) is 3. The van der Waals surface area contributed by atoms with Gasteiger partial charge in [-0.05, 0) is 31.0 Å². The van der Waals surface area contributed by atoms with Crippen molar-refractivity contribution in [1.29, 1.82) is 0 Å². The van der Waals surface area contributed by atoms with Gasteiger partial charge in [0.2, 0.25) is 5.91 Å². The van der Waals surface area contributed by atoms with E-state index in [4.69, 9.17) is 5.11 Å². The van der Waals surface area contributed by atoms with Crippen LogP contribution in [0.15, 0.2) is 24.3 Å². The third-order valence-corrected chi connectivity index (χ3v) is 2.79. The fourth-order valence-corrected chi connectivity index (χ4v) is 1.65. The molecule has 20 heavy (non-hydrogen) atoms. The second-order valence-corrected chi connectivity index (χ2v) is 4.57. The Morgan fingerprint density at radius 1 is 1.35 bits per heavy atom. The highest BCUT2D eigenvalue weighted by Crippen LogP contribution is 2.18. The van der Waals surface area contributed by atoms with Gasteiger partial charge in [0, 0.05) is 17.2 Å². The van der Waals surface area contributed by atoms with E-state index in [0.29, 0.717) is 11.1 Å². The third-order valence-electron chi connectivity index (χ3n) is 2.79. The molecule has 3 N–H and O–H groups in total. The summed E-state index contributed by atoms with van der Waals surface area (Å²) in [5, 5.41) is 14.0. The molecule has 1 fully saturated rings. The molecule has 0 radical (unpaired) electrons. The van der Waals surface area contributed by atoms with Crippen LogP contribution >= 0.6 is 0 Å². The zero-order valence-corrected chi connectivity index (χ0v) is 11.0. The number of aliphatic hydroxyl groups is 1. The molecule has 1 aromatic rings. The minimum absolute atomic E-state index is 0.0259. The van der Waals surface area contributed by atoms with Crippen LogP contribution in [0.25, 0.3) is 0 Å². The lowest BCUT2D eigenvalue weighted by Crippen LogP contribution is -2.37. The molecule has 5 heteroatoms. The Morgan fingerprint density at radius 3 is 2.85 bits per heavy atom. The van der Waals surface area contributed by atoms with E-state index in [-0.39, 0.29) is 31.0 Å². The van der Waals surface area contributed by atoms with Crippen molar-refractivity contribution in [3.8, 4) is 11.8 Å². The second kappa shape index (κ2) is 6.73. The number of amides is 2. The molecule has 1 aromatic carbocycles. The van der Waals surface area contributed by atoms with Crippen LogP contribution in [-0.4, -0.2) is 36.1 Å². The zero-order chi connectivity index (χ0) is 14.4. The highest BCUT2D eigenvalue weighted by molar-refractivity contribution is 5.96. The van der Waals surface area contributed by atoms with Gasteiger partial charge < -0.3 is 15.7 Å². The lowest BCUT2D eigenvalue weighted by atomic mass is 10.1. The summed E-state index contributed by atoms with van der Waals surface area (Å²) in [4.78, 5) is 23.3. The molecule has 104 valence electrons. The summed E-state index contributed by atoms with van der Waals surface area (Å²) >= 11 is 0. The number of aliphatic hydroxyl groups excluding tert-OH is 1. The molecule has 0 bridgehead atoms. The molecule has 0 aliphatic heterocycles. The molecule has 1 aliphatic rings. The molecule has 1 aliphatic carbocycles. The lowest BCUT2D eigenvalue weighted by molar-refractivity contribution is -0.120. The monoisotopic (exact) mass is 272 g/mol. The van der Waals surface area contributed by atoms with Gasteiger partial charge in [-0.15, -0.1) is 0 Å². The topological polar surface area (TPSA) is 78.4 Å². The number of rotatable bonds is 4. The van der Waals surface area contributed by atoms with Crippen LogP contribution in [0.3, 0.4) is 0 Å². The Balaban J connectivity index is 1.89. The van der Waals surface area contributed by atoms with E-state index in [2.05, 4.69) is 22.5 Å². The molecule has 0 spiro atoms. The van der Waals surface area contributed by atoms with Gasteiger partial charge in [0.05, 0.1) is 6.54 Å². The summed E-state index contributed by atoms with van der Waals surface area (Å²) in [5.41, 5.74) is 1.09. The van der Waals surface area contributed by atoms with Crippen LogP contribution in [0.5, 0.6) is 0 Å². The normalized spacial score (nSPS) is 13.1. The summed E-state index contributed by atoms with van der Waals surface area (Å²) in [5.74, 6) is 4.76. The van der Waals surface area contributed by atoms with Gasteiger partial charge in [0.15, 0.2) is 0 Å². The highest BCUT2D eigenvalue weighted by Gasteiger charge is 2.23. The van der Waals surface area contributed by atoms with E-state index in [1.165, 1.54) is 0 Å². The molecule has 0 atom stereocenters. The van der Waals surface area contributed by atoms with Crippen LogP contribution in [0, 0.1) is 11.8 Å². The number of carbonyl (C=O) groups is 2. The number of hydrogen-bond acceptors (Lipinski definition) is 3. The summed E-state index contributed by atoms with van der Waals surface area (Å²) in [6, 6.07) is 7.02. The van der Waals surface area contributed by atoms with Gasteiger partial charge in [0.1, 0.15) is 6.61 Å². The average molecular weight is 272 g/mol. The minimum atomic E-state index is -0.316. The molecular weight excluding hydrogens is 256 g/mol. The Morgan fingerprint density at radius 2 is 2.15 bits per heavy atom. The molecular formula is C15H16N2O3. The minimum Gasteiger partial charge on any atom is -0.384 e. The van der Waals surface area contributed by atoms with Crippen molar-refractivity contribution < 1.29 is 14.7 Å². The first kappa shape index (κ1) is 14.1. The molecule has 1 saturated carbocycles. The van der Waals surface area contributed by atoms with E-state index in [1.807, 2.05) is 0 Å². The summed E-state index contributed by atoms with van der Waals surface area (Å²) in [6.45, 7) is -0.250. The van der Waals surface area contributed by atoms with Gasteiger partial charge in [0.25, 0.3) is 5.91 Å². The van der Waals surface area contributed by atoms with Crippen molar-refractivity contribution in [2.24, 2.45) is 0 Å². The summed E-state index contributed by atoms with van der Waals surface area (Å²) in [6.07, 6.45) is 2.04. The van der Waals surface area contributed by atoms with E-state index in [9.17, 15) is 9.59 Å². The molecule has 0 heterocycles. The summed E-state index contributed by atoms with van der Waals surface area (Å²) in [7, 11) is 0. The Kier molecular flexibility index (Phi) is 4.75. The molecule has 2 rings (SSSR count). The van der Waals surface area contributed by atoms with Gasteiger partial charge in [-0.3, -0.25) is 9.59 Å². The lowest BCUT2D eigenvalue weighted by Gasteiger charge is -2.06. The predicted molar refractivity (Wildman–Crippen MR) is 73.9 cm³/mol. The van der Waals surface area contributed by atoms with E-state index < -0.39 is 0 Å². The van der Waals surface area contributed by atoms with E-state index in [1.54, 1.807) is 24.3 Å². The van der Waals surface area contributed by atoms with Crippen molar-refractivity contribution in [3.05, 3.63) is 35.4 Å². The Labute approximate surface area is 117 Å². The SMILES string of the molecule is O=C(CNC(=O)c1cccc(C#CCO)c1)NC1CC1. The maximum atomic E-state index is 11.9. The van der Waals surface area contributed by atoms with Crippen LogP contribution < -0.4 is 10.6 Å². The van der Waals surface area contributed by atoms with Crippen molar-refractivity contribution >= 4 is 11.8 Å². The van der Waals surface area contributed by atoms with Crippen molar-refractivity contribution in [3.63, 3.8) is 0 Å². The van der Waals surface area contributed by atoms with Crippen LogP contribution in [0.4, 0.5) is 0 Å². The highest BCUT2D eigenvalue weighted by atomic mass is 16.2. The standard InChI is InChI=1S/C15H16N2O3/c18-8-2-4-11-3-1-5-12(9-11)15(20)16-10-14(19)17-13-6-7-13/h1,3,5,9,13,18H,6-8,10H2,(H,16,20)(H,17,19). The van der Waals surface area contributed by atoms with E-state index >= 15 is 0 Å². The molecule has 5 nitrogen and oxygen atoms in total. The number of nitrogens with one attached hydrogen (secondary N) is 2. The largest absolute Gasteiger partial charge is 0.384 e. The van der Waals surface area contributed by atoms with Gasteiger partial charge in [-0.25, -0.2) is 0 Å². The number of carbonyl (C=O) groups excluding carboxylic acids is 2. The smallest absolute Gasteiger partial charge is 0.251 e. The van der Waals surface area contributed by atoms with E-state index in [0.717, 1.165) is 12.8 Å². The third kappa shape index (κ3) is 4.41. The fraction of sp³-hybridized carbons (Fsp3) is 0.333. The van der Waals surface area contributed by atoms with Crippen molar-refractivity contribution in [2.45, 2.75) is 18.9 Å². The number of benzene rings is 1. The zero-order valence-electron chi connectivity index (χ0n) is 11.0. The first-order valence-electron chi connectivity index (χ1n) is 6.46. The first-order valence-corrected chi connectivity index (χ1v) is 6.46. The first-order chi connectivity index (χ1) is 9.69. The molecule has 0 aromatic heterocycles.